The maximum absolute atomic E-state index is 13.0. The van der Waals surface area contributed by atoms with Crippen molar-refractivity contribution in [3.05, 3.63) is 58.6 Å². The molecular formula is C27H37Cl2N5O4S. The van der Waals surface area contributed by atoms with E-state index in [1.807, 2.05) is 44.2 Å². The molecule has 3 N–H and O–H groups in total. The zero-order valence-electron chi connectivity index (χ0n) is 22.3. The lowest BCUT2D eigenvalue weighted by molar-refractivity contribution is -0.117. The Morgan fingerprint density at radius 1 is 1.10 bits per heavy atom. The van der Waals surface area contributed by atoms with Crippen LogP contribution in [-0.2, 0) is 14.8 Å². The first-order valence-electron chi connectivity index (χ1n) is 13.1. The van der Waals surface area contributed by atoms with Crippen LogP contribution in [0.25, 0.3) is 0 Å². The molecule has 1 aliphatic rings. The van der Waals surface area contributed by atoms with Gasteiger partial charge in [0, 0.05) is 42.4 Å². The smallest absolute Gasteiger partial charge is 0.317 e. The molecule has 12 heteroatoms. The van der Waals surface area contributed by atoms with E-state index in [1.165, 1.54) is 18.2 Å². The Bertz CT molecular complexity index is 1210. The van der Waals surface area contributed by atoms with Gasteiger partial charge in [0.2, 0.25) is 15.9 Å². The number of hydrogen-bond donors (Lipinski definition) is 3. The summed E-state index contributed by atoms with van der Waals surface area (Å²) in [6.07, 6.45) is 2.98. The Hall–Kier alpha value is -2.37. The predicted molar refractivity (Wildman–Crippen MR) is 156 cm³/mol. The lowest BCUT2D eigenvalue weighted by atomic mass is 10.2. The van der Waals surface area contributed by atoms with Crippen molar-refractivity contribution in [1.29, 1.82) is 0 Å². The molecule has 1 heterocycles. The summed E-state index contributed by atoms with van der Waals surface area (Å²) in [5.41, 5.74) is 0.755. The van der Waals surface area contributed by atoms with Crippen LogP contribution in [0.15, 0.2) is 53.4 Å². The van der Waals surface area contributed by atoms with Gasteiger partial charge in [-0.05, 0) is 76.4 Å². The third-order valence-corrected chi connectivity index (χ3v) is 8.54. The minimum atomic E-state index is -3.78. The van der Waals surface area contributed by atoms with Gasteiger partial charge < -0.3 is 15.5 Å². The SMILES string of the molecule is CC(C)NC(=O)N(CCCCNS(=O)(=O)c1ccc(Cl)cc1Cl)CC1CCCN1CC(=O)Nc1ccccc1. The van der Waals surface area contributed by atoms with Crippen LogP contribution in [-0.4, -0.2) is 75.0 Å². The lowest BCUT2D eigenvalue weighted by Gasteiger charge is -2.31. The number of para-hydroxylation sites is 1. The molecule has 2 aromatic rings. The van der Waals surface area contributed by atoms with Crippen LogP contribution < -0.4 is 15.4 Å². The number of carbonyl (C=O) groups is 2. The van der Waals surface area contributed by atoms with Gasteiger partial charge in [0.25, 0.3) is 0 Å². The number of unbranched alkanes of at least 4 members (excludes halogenated alkanes) is 1. The van der Waals surface area contributed by atoms with Crippen molar-refractivity contribution in [2.75, 3.05) is 38.0 Å². The third kappa shape index (κ3) is 9.95. The fourth-order valence-electron chi connectivity index (χ4n) is 4.49. The lowest BCUT2D eigenvalue weighted by Crippen LogP contribution is -2.49. The van der Waals surface area contributed by atoms with Gasteiger partial charge in [0.15, 0.2) is 0 Å². The maximum atomic E-state index is 13.0. The van der Waals surface area contributed by atoms with Gasteiger partial charge in [0.1, 0.15) is 4.90 Å². The van der Waals surface area contributed by atoms with E-state index in [4.69, 9.17) is 23.2 Å². The molecule has 1 atom stereocenters. The summed E-state index contributed by atoms with van der Waals surface area (Å²) >= 11 is 11.9. The number of benzene rings is 2. The normalized spacial score (nSPS) is 15.9. The molecular weight excluding hydrogens is 561 g/mol. The summed E-state index contributed by atoms with van der Waals surface area (Å²) in [7, 11) is -3.78. The van der Waals surface area contributed by atoms with Gasteiger partial charge in [-0.2, -0.15) is 0 Å². The van der Waals surface area contributed by atoms with Crippen LogP contribution >= 0.6 is 23.2 Å². The Morgan fingerprint density at radius 3 is 2.54 bits per heavy atom. The highest BCUT2D eigenvalue weighted by Gasteiger charge is 2.29. The molecule has 0 aliphatic carbocycles. The molecule has 0 aromatic heterocycles. The van der Waals surface area contributed by atoms with Crippen LogP contribution in [0.3, 0.4) is 0 Å². The van der Waals surface area contributed by atoms with Gasteiger partial charge in [-0.25, -0.2) is 17.9 Å². The van der Waals surface area contributed by atoms with E-state index in [0.717, 1.165) is 25.1 Å². The zero-order valence-corrected chi connectivity index (χ0v) is 24.7. The Labute approximate surface area is 241 Å². The second-order valence-corrected chi connectivity index (χ2v) is 12.5. The Balaban J connectivity index is 1.52. The maximum Gasteiger partial charge on any atom is 0.317 e. The summed E-state index contributed by atoms with van der Waals surface area (Å²) in [4.78, 5) is 29.5. The number of nitrogens with one attached hydrogen (secondary N) is 3. The van der Waals surface area contributed by atoms with E-state index in [0.29, 0.717) is 31.0 Å². The topological polar surface area (TPSA) is 111 Å². The fraction of sp³-hybridized carbons (Fsp3) is 0.481. The van der Waals surface area contributed by atoms with Gasteiger partial charge in [0.05, 0.1) is 11.6 Å². The van der Waals surface area contributed by atoms with Gasteiger partial charge in [-0.15, -0.1) is 0 Å². The largest absolute Gasteiger partial charge is 0.336 e. The van der Waals surface area contributed by atoms with Crippen LogP contribution in [0.2, 0.25) is 10.0 Å². The van der Waals surface area contributed by atoms with E-state index >= 15 is 0 Å². The number of carbonyl (C=O) groups excluding carboxylic acids is 2. The average Bonchev–Trinajstić information content (AvgIpc) is 3.29. The highest BCUT2D eigenvalue weighted by molar-refractivity contribution is 7.89. The number of rotatable bonds is 13. The van der Waals surface area contributed by atoms with E-state index < -0.39 is 10.0 Å². The number of nitrogens with zero attached hydrogens (tertiary/aromatic N) is 2. The number of amides is 3. The first kappa shape index (κ1) is 31.2. The second kappa shape index (κ2) is 14.9. The summed E-state index contributed by atoms with van der Waals surface area (Å²) in [6, 6.07) is 13.5. The van der Waals surface area contributed by atoms with E-state index in [1.54, 1.807) is 4.90 Å². The standard InChI is InChI=1S/C27H37Cl2N5O4S/c1-20(2)31-27(36)34(15-7-6-14-30-39(37,38)25-13-12-21(28)17-24(25)29)18-23-11-8-16-33(23)19-26(35)32-22-9-4-3-5-10-22/h3-5,9-10,12-13,17,20,23,30H,6-8,11,14-16,18-19H2,1-2H3,(H,31,36)(H,32,35). The van der Waals surface area contributed by atoms with Gasteiger partial charge in [-0.1, -0.05) is 41.4 Å². The predicted octanol–water partition coefficient (Wildman–Crippen LogP) is 4.58. The summed E-state index contributed by atoms with van der Waals surface area (Å²) < 4.78 is 27.8. The van der Waals surface area contributed by atoms with Crippen LogP contribution in [0.4, 0.5) is 10.5 Å². The molecule has 3 rings (SSSR count). The van der Waals surface area contributed by atoms with Crippen LogP contribution in [0, 0.1) is 0 Å². The molecule has 1 saturated heterocycles. The number of likely N-dealkylation sites (tertiary alicyclic amines) is 1. The van der Waals surface area contributed by atoms with Crippen LogP contribution in [0.1, 0.15) is 39.5 Å². The molecule has 0 radical (unpaired) electrons. The molecule has 1 unspecified atom stereocenters. The van der Waals surface area contributed by atoms with Crippen molar-refractivity contribution in [3.8, 4) is 0 Å². The Morgan fingerprint density at radius 2 is 1.85 bits per heavy atom. The van der Waals surface area contributed by atoms with E-state index in [-0.39, 0.29) is 47.0 Å². The number of sulfonamides is 1. The molecule has 9 nitrogen and oxygen atoms in total. The third-order valence-electron chi connectivity index (χ3n) is 6.36. The van der Waals surface area contributed by atoms with E-state index in [2.05, 4.69) is 20.3 Å². The summed E-state index contributed by atoms with van der Waals surface area (Å²) in [6.45, 7) is 6.02. The molecule has 0 bridgehead atoms. The number of urea groups is 1. The molecule has 214 valence electrons. The number of hydrogen-bond acceptors (Lipinski definition) is 5. The van der Waals surface area contributed by atoms with Crippen molar-refractivity contribution in [1.82, 2.24) is 19.8 Å². The van der Waals surface area contributed by atoms with Crippen molar-refractivity contribution in [2.45, 2.75) is 56.5 Å². The summed E-state index contributed by atoms with van der Waals surface area (Å²) in [5, 5.41) is 6.30. The highest BCUT2D eigenvalue weighted by atomic mass is 35.5. The van der Waals surface area contributed by atoms with Crippen molar-refractivity contribution in [2.24, 2.45) is 0 Å². The first-order chi connectivity index (χ1) is 18.5. The molecule has 1 aliphatic heterocycles. The highest BCUT2D eigenvalue weighted by Crippen LogP contribution is 2.25. The number of anilines is 1. The van der Waals surface area contributed by atoms with Crippen LogP contribution in [0.5, 0.6) is 0 Å². The molecule has 0 spiro atoms. The van der Waals surface area contributed by atoms with Crippen molar-refractivity contribution >= 4 is 50.9 Å². The molecule has 1 fully saturated rings. The fourth-order valence-corrected chi connectivity index (χ4v) is 6.33. The molecule has 0 saturated carbocycles. The first-order valence-corrected chi connectivity index (χ1v) is 15.4. The average molecular weight is 599 g/mol. The van der Waals surface area contributed by atoms with Gasteiger partial charge in [-0.3, -0.25) is 9.69 Å². The number of halogens is 2. The van der Waals surface area contributed by atoms with Crippen molar-refractivity contribution < 1.29 is 18.0 Å². The molecule has 3 amide bonds. The molecule has 2 aromatic carbocycles. The van der Waals surface area contributed by atoms with Crippen molar-refractivity contribution in [3.63, 3.8) is 0 Å². The van der Waals surface area contributed by atoms with Gasteiger partial charge >= 0.3 is 6.03 Å². The summed E-state index contributed by atoms with van der Waals surface area (Å²) in [5.74, 6) is -0.0839. The minimum Gasteiger partial charge on any atom is -0.336 e. The van der Waals surface area contributed by atoms with E-state index in [9.17, 15) is 18.0 Å². The minimum absolute atomic E-state index is 0.0211. The molecule has 39 heavy (non-hydrogen) atoms. The zero-order chi connectivity index (χ0) is 28.4. The second-order valence-electron chi connectivity index (χ2n) is 9.91. The monoisotopic (exact) mass is 597 g/mol. The quantitative estimate of drug-likeness (QED) is 0.293. The Kier molecular flexibility index (Phi) is 11.9.